The van der Waals surface area contributed by atoms with Crippen molar-refractivity contribution in [2.24, 2.45) is 0 Å². The lowest BCUT2D eigenvalue weighted by Crippen LogP contribution is -2.44. The molecule has 0 spiro atoms. The Morgan fingerprint density at radius 3 is 2.55 bits per heavy atom. The molecule has 0 aliphatic heterocycles. The number of para-hydroxylation sites is 1. The molecule has 11 nitrogen and oxygen atoms in total. The van der Waals surface area contributed by atoms with E-state index in [4.69, 9.17) is 21.4 Å². The summed E-state index contributed by atoms with van der Waals surface area (Å²) in [6.07, 6.45) is 5.23. The lowest BCUT2D eigenvalue weighted by atomic mass is 9.94. The van der Waals surface area contributed by atoms with Crippen molar-refractivity contribution in [1.82, 2.24) is 15.2 Å². The Labute approximate surface area is 309 Å². The number of nitrogens with one attached hydrogen (secondary N) is 1. The van der Waals surface area contributed by atoms with Gasteiger partial charge >= 0.3 is 0 Å². The van der Waals surface area contributed by atoms with E-state index in [1.54, 1.807) is 11.8 Å². The summed E-state index contributed by atoms with van der Waals surface area (Å²) >= 11 is 8.33. The van der Waals surface area contributed by atoms with Crippen molar-refractivity contribution >= 4 is 39.1 Å². The molecule has 2 fully saturated rings. The molecule has 1 heterocycles. The molecule has 2 aliphatic carbocycles. The van der Waals surface area contributed by atoms with Crippen molar-refractivity contribution in [3.8, 4) is 16.9 Å². The van der Waals surface area contributed by atoms with Crippen molar-refractivity contribution < 1.29 is 38.4 Å². The number of hydrogen-bond donors (Lipinski definition) is 5. The van der Waals surface area contributed by atoms with Crippen LogP contribution in [-0.4, -0.2) is 107 Å². The van der Waals surface area contributed by atoms with Gasteiger partial charge in [0, 0.05) is 59.3 Å². The fourth-order valence-corrected chi connectivity index (χ4v) is 7.61. The molecular weight excluding hydrogens is 714 g/mol. The average molecular weight is 762 g/mol. The SMILES string of the molecule is CS(=O)(=O)CCN(CCCCSc1ccc(Cl)c(CNC2(c3cnccc3-c3ccccc3OC3CC3)CC2)c1)C(=O)CC(O)C(O)C(O)CO. The average Bonchev–Trinajstić information content (AvgIpc) is 4.06. The number of nitrogens with zero attached hydrogens (tertiary/aromatic N) is 2. The summed E-state index contributed by atoms with van der Waals surface area (Å²) in [7, 11) is -3.35. The van der Waals surface area contributed by atoms with E-state index in [0.717, 1.165) is 77.0 Å². The summed E-state index contributed by atoms with van der Waals surface area (Å²) in [6.45, 7) is 0.0275. The Morgan fingerprint density at radius 2 is 1.84 bits per heavy atom. The summed E-state index contributed by atoms with van der Waals surface area (Å²) in [4.78, 5) is 19.8. The van der Waals surface area contributed by atoms with E-state index in [-0.39, 0.29) is 24.4 Å². The van der Waals surface area contributed by atoms with Gasteiger partial charge in [0.05, 0.1) is 31.0 Å². The third-order valence-corrected chi connectivity index (χ3v) is 11.6. The van der Waals surface area contributed by atoms with Gasteiger partial charge in [-0.3, -0.25) is 9.78 Å². The Kier molecular flexibility index (Phi) is 13.8. The van der Waals surface area contributed by atoms with Crippen LogP contribution in [0.25, 0.3) is 11.1 Å². The van der Waals surface area contributed by atoms with Crippen LogP contribution in [0, 0.1) is 0 Å². The molecule has 0 radical (unpaired) electrons. The maximum absolute atomic E-state index is 12.9. The number of carbonyl (C=O) groups excluding carboxylic acids is 1. The van der Waals surface area contributed by atoms with Crippen LogP contribution in [-0.2, 0) is 26.7 Å². The van der Waals surface area contributed by atoms with E-state index in [9.17, 15) is 28.5 Å². The third kappa shape index (κ3) is 11.4. The first-order chi connectivity index (χ1) is 24.4. The van der Waals surface area contributed by atoms with Crippen LogP contribution in [0.2, 0.25) is 5.02 Å². The highest BCUT2D eigenvalue weighted by Crippen LogP contribution is 2.50. The van der Waals surface area contributed by atoms with Crippen molar-refractivity contribution in [1.29, 1.82) is 0 Å². The van der Waals surface area contributed by atoms with E-state index in [1.165, 1.54) is 4.90 Å². The number of benzene rings is 2. The summed E-state index contributed by atoms with van der Waals surface area (Å²) in [5.74, 6) is 0.870. The minimum atomic E-state index is -3.35. The number of sulfone groups is 1. The van der Waals surface area contributed by atoms with Crippen molar-refractivity contribution in [2.45, 2.75) is 86.3 Å². The van der Waals surface area contributed by atoms with Gasteiger partial charge in [0.15, 0.2) is 0 Å². The molecule has 3 unspecified atom stereocenters. The van der Waals surface area contributed by atoms with Gasteiger partial charge in [0.25, 0.3) is 0 Å². The fraction of sp³-hybridized carbons (Fsp3) is 0.514. The van der Waals surface area contributed by atoms with E-state index >= 15 is 0 Å². The number of ether oxygens (including phenoxy) is 1. The minimum Gasteiger partial charge on any atom is -0.490 e. The van der Waals surface area contributed by atoms with Crippen LogP contribution in [0.15, 0.2) is 65.8 Å². The van der Waals surface area contributed by atoms with Crippen LogP contribution in [0.4, 0.5) is 0 Å². The molecule has 14 heteroatoms. The molecule has 3 atom stereocenters. The van der Waals surface area contributed by atoms with Crippen LogP contribution in [0.5, 0.6) is 5.75 Å². The van der Waals surface area contributed by atoms with E-state index in [2.05, 4.69) is 28.5 Å². The summed E-state index contributed by atoms with van der Waals surface area (Å²) < 4.78 is 29.8. The quantitative estimate of drug-likeness (QED) is 0.0788. The number of aliphatic hydroxyl groups excluding tert-OH is 4. The zero-order valence-corrected chi connectivity index (χ0v) is 31.2. The summed E-state index contributed by atoms with van der Waals surface area (Å²) in [6, 6.07) is 16.2. The van der Waals surface area contributed by atoms with Gasteiger partial charge < -0.3 is 35.4 Å². The highest BCUT2D eigenvalue weighted by atomic mass is 35.5. The Bertz CT molecular complexity index is 1740. The second-order valence-electron chi connectivity index (χ2n) is 13.5. The molecule has 5 N–H and O–H groups in total. The lowest BCUT2D eigenvalue weighted by Gasteiger charge is -2.26. The molecule has 1 aromatic heterocycles. The van der Waals surface area contributed by atoms with E-state index < -0.39 is 47.1 Å². The van der Waals surface area contributed by atoms with Gasteiger partial charge in [-0.15, -0.1) is 11.8 Å². The predicted octanol–water partition coefficient (Wildman–Crippen LogP) is 3.93. The number of hydrogen-bond acceptors (Lipinski definition) is 11. The van der Waals surface area contributed by atoms with Crippen LogP contribution < -0.4 is 10.1 Å². The smallest absolute Gasteiger partial charge is 0.225 e. The number of rotatable bonds is 21. The predicted molar refractivity (Wildman–Crippen MR) is 198 cm³/mol. The first-order valence-electron chi connectivity index (χ1n) is 17.4. The normalized spacial score (nSPS) is 17.1. The number of amides is 1. The Morgan fingerprint density at radius 1 is 1.08 bits per heavy atom. The van der Waals surface area contributed by atoms with Crippen LogP contribution in [0.1, 0.15) is 56.1 Å². The van der Waals surface area contributed by atoms with E-state index in [1.807, 2.05) is 42.7 Å². The maximum atomic E-state index is 12.9. The highest BCUT2D eigenvalue weighted by molar-refractivity contribution is 7.99. The van der Waals surface area contributed by atoms with Gasteiger partial charge in [-0.25, -0.2) is 8.42 Å². The molecule has 278 valence electrons. The largest absolute Gasteiger partial charge is 0.490 e. The Balaban J connectivity index is 1.15. The molecule has 2 saturated carbocycles. The second kappa shape index (κ2) is 17.8. The molecule has 51 heavy (non-hydrogen) atoms. The number of unbranched alkanes of at least 4 members (excludes halogenated alkanes) is 1. The van der Waals surface area contributed by atoms with E-state index in [0.29, 0.717) is 24.1 Å². The zero-order chi connectivity index (χ0) is 36.6. The first-order valence-corrected chi connectivity index (χ1v) is 20.8. The molecule has 0 bridgehead atoms. The molecular formula is C37H48ClN3O8S2. The van der Waals surface area contributed by atoms with Crippen molar-refractivity contribution in [3.63, 3.8) is 0 Å². The number of halogens is 1. The number of aliphatic hydroxyl groups is 4. The molecule has 2 aliphatic rings. The highest BCUT2D eigenvalue weighted by Gasteiger charge is 2.46. The molecule has 5 rings (SSSR count). The van der Waals surface area contributed by atoms with Gasteiger partial charge in [-0.2, -0.15) is 0 Å². The molecule has 3 aromatic rings. The molecule has 2 aromatic carbocycles. The Hall–Kier alpha value is -2.75. The zero-order valence-electron chi connectivity index (χ0n) is 28.8. The number of carbonyl (C=O) groups is 1. The monoisotopic (exact) mass is 761 g/mol. The van der Waals surface area contributed by atoms with Crippen molar-refractivity contribution in [3.05, 3.63) is 77.1 Å². The van der Waals surface area contributed by atoms with Gasteiger partial charge in [0.1, 0.15) is 27.8 Å². The number of thioether (sulfide) groups is 1. The number of aromatic nitrogens is 1. The standard InChI is InChI=1S/C37H48ClN3O8S2/c1-51(47,48)19-17-41(35(45)21-32(43)36(46)33(44)24-42)16-4-5-18-50-27-10-11-31(38)25(20-27)22-40-37(13-14-37)30-23-39-15-12-28(30)29-6-2-3-7-34(29)49-26-8-9-26/h2-3,6-7,10-12,15,20,23,26,32-33,36,40,42-44,46H,4-5,8-9,13-14,16-19,21-22,24H2,1H3. The van der Waals surface area contributed by atoms with Crippen LogP contribution >= 0.6 is 23.4 Å². The van der Waals surface area contributed by atoms with Crippen molar-refractivity contribution in [2.75, 3.05) is 37.5 Å². The van der Waals surface area contributed by atoms with Gasteiger partial charge in [-0.05, 0) is 91.3 Å². The minimum absolute atomic E-state index is 0.0491. The molecule has 1 amide bonds. The summed E-state index contributed by atoms with van der Waals surface area (Å²) in [5.41, 5.74) is 4.11. The fourth-order valence-electron chi connectivity index (χ4n) is 5.90. The second-order valence-corrected chi connectivity index (χ2v) is 17.3. The van der Waals surface area contributed by atoms with Gasteiger partial charge in [-0.1, -0.05) is 29.8 Å². The topological polar surface area (TPSA) is 170 Å². The first kappa shape index (κ1) is 39.5. The summed E-state index contributed by atoms with van der Waals surface area (Å²) in [5, 5.41) is 43.2. The van der Waals surface area contributed by atoms with Gasteiger partial charge in [0.2, 0.25) is 5.91 Å². The van der Waals surface area contributed by atoms with Crippen LogP contribution in [0.3, 0.4) is 0 Å². The lowest BCUT2D eigenvalue weighted by molar-refractivity contribution is -0.137. The molecule has 0 saturated heterocycles. The number of pyridine rings is 1. The third-order valence-electron chi connectivity index (χ3n) is 9.25. The maximum Gasteiger partial charge on any atom is 0.225 e.